The Morgan fingerprint density at radius 2 is 1.32 bits per heavy atom. The van der Waals surface area contributed by atoms with E-state index in [4.69, 9.17) is 34.2 Å². The molecule has 0 saturated heterocycles. The van der Waals surface area contributed by atoms with Crippen LogP contribution in [0.2, 0.25) is 0 Å². The summed E-state index contributed by atoms with van der Waals surface area (Å²) in [6.07, 6.45) is -0.355. The second-order valence-electron chi connectivity index (χ2n) is 10.3. The first-order valence-electron chi connectivity index (χ1n) is 13.5. The van der Waals surface area contributed by atoms with Gasteiger partial charge in [-0.05, 0) is 41.9 Å². The molecule has 0 aliphatic rings. The van der Waals surface area contributed by atoms with Gasteiger partial charge in [-0.25, -0.2) is 14.4 Å². The smallest absolute Gasteiger partial charge is 0.480 e. The Kier molecular flexibility index (Phi) is 15.5. The number of benzene rings is 1. The summed E-state index contributed by atoms with van der Waals surface area (Å²) in [5, 5.41) is 9.67. The number of nitrogens with two attached hydrogens (primary N) is 1. The van der Waals surface area contributed by atoms with Gasteiger partial charge < -0.3 is 39.3 Å². The van der Waals surface area contributed by atoms with Crippen molar-refractivity contribution < 1.29 is 52.7 Å². The second kappa shape index (κ2) is 17.9. The molecule has 0 spiro atoms. The molecule has 3 N–H and O–H groups in total. The number of carboxylic acids is 1. The van der Waals surface area contributed by atoms with Gasteiger partial charge in [0, 0.05) is 5.92 Å². The Balaban J connectivity index is 3.22. The third-order valence-corrected chi connectivity index (χ3v) is 5.53. The van der Waals surface area contributed by atoms with Gasteiger partial charge >= 0.3 is 24.4 Å². The fourth-order valence-corrected chi connectivity index (χ4v) is 3.50. The van der Waals surface area contributed by atoms with Crippen molar-refractivity contribution in [3.8, 4) is 11.5 Å². The van der Waals surface area contributed by atoms with Gasteiger partial charge in [0.05, 0.1) is 26.4 Å². The Labute approximate surface area is 235 Å². The summed E-state index contributed by atoms with van der Waals surface area (Å²) in [5.41, 5.74) is 6.35. The summed E-state index contributed by atoms with van der Waals surface area (Å²) in [7, 11) is 0. The molecule has 3 atom stereocenters. The first-order valence-corrected chi connectivity index (χ1v) is 13.5. The molecule has 0 amide bonds. The standard InChI is InChI=1S/C28H43NO11/c1-7-8-9-12-35-26(32)38-16-19(6)23(24(29)25(30)31)20-10-11-21(39-27(33)36-14-17(2)3)22(13-20)40-28(34)37-15-18(4)5/h10-11,13,17-19,23-24H,7-9,12,14-16,29H2,1-6H3,(H,30,31)/t19?,23?,24-/m0/s1. The molecule has 1 aromatic rings. The van der Waals surface area contributed by atoms with Crippen LogP contribution in [-0.4, -0.2) is 62.0 Å². The van der Waals surface area contributed by atoms with Crippen LogP contribution in [-0.2, 0) is 23.7 Å². The zero-order valence-electron chi connectivity index (χ0n) is 24.2. The lowest BCUT2D eigenvalue weighted by Gasteiger charge is -2.27. The number of rotatable bonds is 16. The zero-order chi connectivity index (χ0) is 30.2. The van der Waals surface area contributed by atoms with E-state index >= 15 is 0 Å². The second-order valence-corrected chi connectivity index (χ2v) is 10.3. The summed E-state index contributed by atoms with van der Waals surface area (Å²) < 4.78 is 30.9. The van der Waals surface area contributed by atoms with Gasteiger partial charge in [0.2, 0.25) is 0 Å². The number of hydrogen-bond donors (Lipinski definition) is 2. The number of carbonyl (C=O) groups is 4. The summed E-state index contributed by atoms with van der Waals surface area (Å²) in [5.74, 6) is -3.06. The Hall–Kier alpha value is -3.54. The minimum absolute atomic E-state index is 0.0396. The van der Waals surface area contributed by atoms with Crippen molar-refractivity contribution in [2.45, 2.75) is 72.8 Å². The highest BCUT2D eigenvalue weighted by Gasteiger charge is 2.33. The SMILES string of the molecule is CCCCCOC(=O)OCC(C)C(c1ccc(OC(=O)OCC(C)C)c(OC(=O)OCC(C)C)c1)[C@H](N)C(=O)O. The molecule has 12 heteroatoms. The highest BCUT2D eigenvalue weighted by atomic mass is 16.7. The number of aliphatic carboxylic acids is 1. The van der Waals surface area contributed by atoms with Crippen LogP contribution in [0.25, 0.3) is 0 Å². The first kappa shape index (κ1) is 34.5. The maximum atomic E-state index is 12.3. The van der Waals surface area contributed by atoms with Gasteiger partial charge in [-0.2, -0.15) is 0 Å². The van der Waals surface area contributed by atoms with E-state index < -0.39 is 42.3 Å². The number of hydrogen-bond acceptors (Lipinski definition) is 11. The lowest BCUT2D eigenvalue weighted by molar-refractivity contribution is -0.139. The maximum Gasteiger partial charge on any atom is 0.513 e. The van der Waals surface area contributed by atoms with Crippen molar-refractivity contribution in [3.05, 3.63) is 23.8 Å². The molecule has 226 valence electrons. The molecule has 0 aliphatic carbocycles. The quantitative estimate of drug-likeness (QED) is 0.111. The molecule has 1 aromatic carbocycles. The maximum absolute atomic E-state index is 12.3. The number of carboxylic acid groups (broad SMARTS) is 1. The van der Waals surface area contributed by atoms with E-state index in [0.29, 0.717) is 12.0 Å². The molecule has 12 nitrogen and oxygen atoms in total. The van der Waals surface area contributed by atoms with Crippen molar-refractivity contribution in [3.63, 3.8) is 0 Å². The van der Waals surface area contributed by atoms with Gasteiger partial charge in [-0.3, -0.25) is 4.79 Å². The van der Waals surface area contributed by atoms with Crippen molar-refractivity contribution in [2.75, 3.05) is 26.4 Å². The van der Waals surface area contributed by atoms with Crippen LogP contribution in [0.1, 0.15) is 72.3 Å². The number of unbranched alkanes of at least 4 members (excludes halogenated alkanes) is 2. The monoisotopic (exact) mass is 569 g/mol. The predicted octanol–water partition coefficient (Wildman–Crippen LogP) is 5.50. The van der Waals surface area contributed by atoms with Gasteiger partial charge in [0.1, 0.15) is 6.04 Å². The van der Waals surface area contributed by atoms with Crippen LogP contribution >= 0.6 is 0 Å². The van der Waals surface area contributed by atoms with E-state index in [1.54, 1.807) is 6.92 Å². The van der Waals surface area contributed by atoms with Gasteiger partial charge in [0.15, 0.2) is 11.5 Å². The van der Waals surface area contributed by atoms with Crippen LogP contribution in [0.3, 0.4) is 0 Å². The van der Waals surface area contributed by atoms with Gasteiger partial charge in [-0.15, -0.1) is 0 Å². The Morgan fingerprint density at radius 3 is 1.85 bits per heavy atom. The third-order valence-electron chi connectivity index (χ3n) is 5.53. The van der Waals surface area contributed by atoms with Gasteiger partial charge in [0.25, 0.3) is 0 Å². The normalized spacial score (nSPS) is 13.2. The average molecular weight is 570 g/mol. The molecule has 0 fully saturated rings. The Bertz CT molecular complexity index is 964. The van der Waals surface area contributed by atoms with E-state index in [-0.39, 0.29) is 49.8 Å². The number of ether oxygens (including phenoxy) is 6. The van der Waals surface area contributed by atoms with Crippen LogP contribution in [0, 0.1) is 17.8 Å². The summed E-state index contributed by atoms with van der Waals surface area (Å²) in [4.78, 5) is 48.3. The zero-order valence-corrected chi connectivity index (χ0v) is 24.2. The fourth-order valence-electron chi connectivity index (χ4n) is 3.50. The Morgan fingerprint density at radius 1 is 0.775 bits per heavy atom. The molecule has 0 bridgehead atoms. The molecular weight excluding hydrogens is 526 g/mol. The van der Waals surface area contributed by atoms with Crippen LogP contribution in [0.15, 0.2) is 18.2 Å². The molecule has 0 aliphatic heterocycles. The lowest BCUT2D eigenvalue weighted by Crippen LogP contribution is -2.40. The molecular formula is C28H43NO11. The molecule has 1 rings (SSSR count). The van der Waals surface area contributed by atoms with Crippen LogP contribution in [0.4, 0.5) is 14.4 Å². The first-order chi connectivity index (χ1) is 18.8. The average Bonchev–Trinajstić information content (AvgIpc) is 2.89. The van der Waals surface area contributed by atoms with E-state index in [1.807, 2.05) is 34.6 Å². The molecule has 0 aromatic heterocycles. The summed E-state index contributed by atoms with van der Waals surface area (Å²) in [6.45, 7) is 11.3. The van der Waals surface area contributed by atoms with E-state index in [0.717, 1.165) is 12.8 Å². The largest absolute Gasteiger partial charge is 0.513 e. The highest BCUT2D eigenvalue weighted by molar-refractivity contribution is 5.75. The van der Waals surface area contributed by atoms with E-state index in [2.05, 4.69) is 0 Å². The highest BCUT2D eigenvalue weighted by Crippen LogP contribution is 2.36. The fraction of sp³-hybridized carbons (Fsp3) is 0.643. The topological polar surface area (TPSA) is 170 Å². The van der Waals surface area contributed by atoms with Crippen molar-refractivity contribution >= 4 is 24.4 Å². The predicted molar refractivity (Wildman–Crippen MR) is 144 cm³/mol. The third kappa shape index (κ3) is 13.0. The van der Waals surface area contributed by atoms with Crippen molar-refractivity contribution in [2.24, 2.45) is 23.5 Å². The summed E-state index contributed by atoms with van der Waals surface area (Å²) >= 11 is 0. The molecule has 0 radical (unpaired) electrons. The van der Waals surface area contributed by atoms with Crippen LogP contribution in [0.5, 0.6) is 11.5 Å². The van der Waals surface area contributed by atoms with Crippen molar-refractivity contribution in [1.29, 1.82) is 0 Å². The van der Waals surface area contributed by atoms with Crippen LogP contribution < -0.4 is 15.2 Å². The van der Waals surface area contributed by atoms with Gasteiger partial charge in [-0.1, -0.05) is 60.5 Å². The molecule has 0 saturated carbocycles. The number of carbonyl (C=O) groups excluding carboxylic acids is 3. The summed E-state index contributed by atoms with van der Waals surface area (Å²) in [6, 6.07) is 2.72. The van der Waals surface area contributed by atoms with E-state index in [1.165, 1.54) is 18.2 Å². The minimum Gasteiger partial charge on any atom is -0.480 e. The molecule has 2 unspecified atom stereocenters. The lowest BCUT2D eigenvalue weighted by atomic mass is 9.82. The minimum atomic E-state index is -1.41. The van der Waals surface area contributed by atoms with Crippen molar-refractivity contribution in [1.82, 2.24) is 0 Å². The molecule has 0 heterocycles. The molecule has 40 heavy (non-hydrogen) atoms. The van der Waals surface area contributed by atoms with E-state index in [9.17, 15) is 24.3 Å².